The van der Waals surface area contributed by atoms with E-state index < -0.39 is 0 Å². The van der Waals surface area contributed by atoms with Gasteiger partial charge < -0.3 is 10.1 Å². The minimum atomic E-state index is -0.159. The number of rotatable bonds is 6. The van der Waals surface area contributed by atoms with Crippen LogP contribution in [0.5, 0.6) is 5.75 Å². The van der Waals surface area contributed by atoms with Crippen molar-refractivity contribution < 1.29 is 9.53 Å². The number of hydrogen-bond donors (Lipinski definition) is 1. The van der Waals surface area contributed by atoms with Gasteiger partial charge in [-0.15, -0.1) is 11.3 Å². The molecule has 5 nitrogen and oxygen atoms in total. The molecule has 0 spiro atoms. The Morgan fingerprint density at radius 2 is 1.96 bits per heavy atom. The summed E-state index contributed by atoms with van der Waals surface area (Å²) in [5.74, 6) is 0.694. The monoisotopic (exact) mass is 359 g/mol. The topological polar surface area (TPSA) is 44.8 Å². The maximum Gasteiger partial charge on any atom is 0.241 e. The van der Waals surface area contributed by atoms with E-state index in [1.807, 2.05) is 31.2 Å². The number of hydrogen-bond acceptors (Lipinski definition) is 5. The quantitative estimate of drug-likeness (QED) is 0.861. The summed E-state index contributed by atoms with van der Waals surface area (Å²) >= 11 is 1.80. The summed E-state index contributed by atoms with van der Waals surface area (Å²) in [6, 6.07) is 11.6. The Morgan fingerprint density at radius 1 is 1.20 bits per heavy atom. The molecule has 2 aromatic rings. The molecule has 1 atom stereocenters. The molecule has 1 aromatic carbocycles. The van der Waals surface area contributed by atoms with Crippen LogP contribution in [0.25, 0.3) is 0 Å². The molecule has 0 aliphatic carbocycles. The molecule has 134 valence electrons. The number of carbonyl (C=O) groups is 1. The van der Waals surface area contributed by atoms with E-state index in [9.17, 15) is 4.79 Å². The van der Waals surface area contributed by atoms with Crippen LogP contribution in [0.2, 0.25) is 0 Å². The standard InChI is InChI=1S/C19H25N3O2S/c1-15(19(23)20-17-7-3-4-8-18(17)24-2)22-11-9-21(10-12-22)14-16-6-5-13-25-16/h3-8,13,15H,9-12,14H2,1-2H3,(H,20,23)/t15-/m0/s1. The van der Waals surface area contributed by atoms with Gasteiger partial charge in [-0.25, -0.2) is 0 Å². The molecule has 25 heavy (non-hydrogen) atoms. The van der Waals surface area contributed by atoms with Crippen LogP contribution in [0.1, 0.15) is 11.8 Å². The second kappa shape index (κ2) is 8.47. The van der Waals surface area contributed by atoms with Crippen molar-refractivity contribution >= 4 is 22.9 Å². The third kappa shape index (κ3) is 4.60. The fraction of sp³-hybridized carbons (Fsp3) is 0.421. The number of piperazine rings is 1. The van der Waals surface area contributed by atoms with Crippen molar-refractivity contribution in [2.24, 2.45) is 0 Å². The van der Waals surface area contributed by atoms with Crippen LogP contribution in [-0.2, 0) is 11.3 Å². The van der Waals surface area contributed by atoms with Gasteiger partial charge in [0.25, 0.3) is 0 Å². The predicted octanol–water partition coefficient (Wildman–Crippen LogP) is 2.90. The summed E-state index contributed by atoms with van der Waals surface area (Å²) in [7, 11) is 1.61. The number of amides is 1. The van der Waals surface area contributed by atoms with Crippen molar-refractivity contribution in [3.8, 4) is 5.75 Å². The second-order valence-corrected chi connectivity index (χ2v) is 7.29. The SMILES string of the molecule is COc1ccccc1NC(=O)[C@H](C)N1CCN(Cc2cccs2)CC1. The van der Waals surface area contributed by atoms with Gasteiger partial charge in [0.2, 0.25) is 5.91 Å². The van der Waals surface area contributed by atoms with Gasteiger partial charge in [0, 0.05) is 37.6 Å². The van der Waals surface area contributed by atoms with Crippen molar-refractivity contribution in [3.05, 3.63) is 46.7 Å². The molecule has 0 radical (unpaired) electrons. The van der Waals surface area contributed by atoms with Crippen molar-refractivity contribution in [3.63, 3.8) is 0 Å². The molecule has 1 aromatic heterocycles. The molecule has 0 unspecified atom stereocenters. The molecule has 1 aliphatic rings. The molecule has 0 bridgehead atoms. The largest absolute Gasteiger partial charge is 0.495 e. The van der Waals surface area contributed by atoms with Crippen LogP contribution in [0, 0.1) is 0 Å². The molecule has 1 aliphatic heterocycles. The minimum absolute atomic E-state index is 0.0104. The average molecular weight is 359 g/mol. The lowest BCUT2D eigenvalue weighted by Crippen LogP contribution is -2.52. The van der Waals surface area contributed by atoms with E-state index in [-0.39, 0.29) is 11.9 Å². The third-order valence-electron chi connectivity index (χ3n) is 4.66. The lowest BCUT2D eigenvalue weighted by atomic mass is 10.2. The fourth-order valence-corrected chi connectivity index (χ4v) is 3.83. The first-order valence-electron chi connectivity index (χ1n) is 8.60. The summed E-state index contributed by atoms with van der Waals surface area (Å²) < 4.78 is 5.30. The van der Waals surface area contributed by atoms with E-state index in [0.29, 0.717) is 5.75 Å². The molecule has 1 saturated heterocycles. The molecule has 6 heteroatoms. The Hall–Kier alpha value is -1.89. The Balaban J connectivity index is 1.51. The van der Waals surface area contributed by atoms with Gasteiger partial charge in [0.1, 0.15) is 5.75 Å². The molecular formula is C19H25N3O2S. The lowest BCUT2D eigenvalue weighted by molar-refractivity contribution is -0.121. The number of para-hydroxylation sites is 2. The number of thiophene rings is 1. The van der Waals surface area contributed by atoms with Crippen molar-refractivity contribution in [2.75, 3.05) is 38.6 Å². The first-order valence-corrected chi connectivity index (χ1v) is 9.48. The van der Waals surface area contributed by atoms with Gasteiger partial charge in [0.05, 0.1) is 18.8 Å². The van der Waals surface area contributed by atoms with Crippen LogP contribution >= 0.6 is 11.3 Å². The number of anilines is 1. The number of methoxy groups -OCH3 is 1. The summed E-state index contributed by atoms with van der Waals surface area (Å²) in [4.78, 5) is 18.7. The van der Waals surface area contributed by atoms with E-state index in [4.69, 9.17) is 4.74 Å². The number of benzene rings is 1. The van der Waals surface area contributed by atoms with Crippen molar-refractivity contribution in [1.29, 1.82) is 0 Å². The maximum absolute atomic E-state index is 12.6. The van der Waals surface area contributed by atoms with Crippen molar-refractivity contribution in [2.45, 2.75) is 19.5 Å². The Morgan fingerprint density at radius 3 is 2.64 bits per heavy atom. The molecule has 0 saturated carbocycles. The number of nitrogens with one attached hydrogen (secondary N) is 1. The van der Waals surface area contributed by atoms with E-state index in [1.54, 1.807) is 18.4 Å². The minimum Gasteiger partial charge on any atom is -0.495 e. The number of ether oxygens (including phenoxy) is 1. The molecule has 2 heterocycles. The van der Waals surface area contributed by atoms with Gasteiger partial charge in [-0.05, 0) is 30.5 Å². The van der Waals surface area contributed by atoms with Crippen LogP contribution in [0.3, 0.4) is 0 Å². The van der Waals surface area contributed by atoms with E-state index in [2.05, 4.69) is 32.6 Å². The predicted molar refractivity (Wildman–Crippen MR) is 102 cm³/mol. The first kappa shape index (κ1) is 17.9. The highest BCUT2D eigenvalue weighted by atomic mass is 32.1. The van der Waals surface area contributed by atoms with Crippen LogP contribution in [0.4, 0.5) is 5.69 Å². The maximum atomic E-state index is 12.6. The zero-order valence-corrected chi connectivity index (χ0v) is 15.6. The van der Waals surface area contributed by atoms with E-state index in [0.717, 1.165) is 38.4 Å². The lowest BCUT2D eigenvalue weighted by Gasteiger charge is -2.37. The first-order chi connectivity index (χ1) is 12.2. The highest BCUT2D eigenvalue weighted by molar-refractivity contribution is 7.09. The van der Waals surface area contributed by atoms with Gasteiger partial charge in [-0.2, -0.15) is 0 Å². The molecular weight excluding hydrogens is 334 g/mol. The molecule has 1 fully saturated rings. The summed E-state index contributed by atoms with van der Waals surface area (Å²) in [6.45, 7) is 6.78. The fourth-order valence-electron chi connectivity index (χ4n) is 3.08. The Bertz CT molecular complexity index is 682. The summed E-state index contributed by atoms with van der Waals surface area (Å²) in [5, 5.41) is 5.11. The zero-order chi connectivity index (χ0) is 17.6. The highest BCUT2D eigenvalue weighted by Gasteiger charge is 2.26. The van der Waals surface area contributed by atoms with Crippen LogP contribution in [0.15, 0.2) is 41.8 Å². The Labute approximate surface area is 153 Å². The van der Waals surface area contributed by atoms with Gasteiger partial charge >= 0.3 is 0 Å². The van der Waals surface area contributed by atoms with Crippen molar-refractivity contribution in [1.82, 2.24) is 9.80 Å². The Kier molecular flexibility index (Phi) is 6.07. The summed E-state index contributed by atoms with van der Waals surface area (Å²) in [5.41, 5.74) is 0.721. The van der Waals surface area contributed by atoms with Gasteiger partial charge in [-0.1, -0.05) is 18.2 Å². The van der Waals surface area contributed by atoms with Crippen LogP contribution in [-0.4, -0.2) is 55.0 Å². The summed E-state index contributed by atoms with van der Waals surface area (Å²) in [6.07, 6.45) is 0. The normalized spacial score (nSPS) is 17.2. The molecule has 1 amide bonds. The van der Waals surface area contributed by atoms with Crippen LogP contribution < -0.4 is 10.1 Å². The average Bonchev–Trinajstić information content (AvgIpc) is 3.15. The molecule has 1 N–H and O–H groups in total. The van der Waals surface area contributed by atoms with Gasteiger partial charge in [0.15, 0.2) is 0 Å². The smallest absolute Gasteiger partial charge is 0.241 e. The number of carbonyl (C=O) groups excluding carboxylic acids is 1. The third-order valence-corrected chi connectivity index (χ3v) is 5.52. The van der Waals surface area contributed by atoms with E-state index >= 15 is 0 Å². The van der Waals surface area contributed by atoms with Gasteiger partial charge in [-0.3, -0.25) is 14.6 Å². The second-order valence-electron chi connectivity index (χ2n) is 6.26. The zero-order valence-electron chi connectivity index (χ0n) is 14.8. The van der Waals surface area contributed by atoms with E-state index in [1.165, 1.54) is 4.88 Å². The molecule has 3 rings (SSSR count). The number of nitrogens with zero attached hydrogens (tertiary/aromatic N) is 2. The highest BCUT2D eigenvalue weighted by Crippen LogP contribution is 2.23.